The number of carboxylic acid groups (broad SMARTS) is 1. The van der Waals surface area contributed by atoms with Crippen molar-refractivity contribution in [1.29, 1.82) is 0 Å². The Morgan fingerprint density at radius 3 is 2.12 bits per heavy atom. The van der Waals surface area contributed by atoms with Crippen molar-refractivity contribution in [3.63, 3.8) is 0 Å². The third kappa shape index (κ3) is 7.10. The predicted molar refractivity (Wildman–Crippen MR) is 129 cm³/mol. The van der Waals surface area contributed by atoms with E-state index in [2.05, 4.69) is 18.7 Å². The molecule has 0 bridgehead atoms. The van der Waals surface area contributed by atoms with E-state index in [1.54, 1.807) is 0 Å². The molecule has 0 spiro atoms. The molecular weight excluding hydrogens is 418 g/mol. The molecule has 33 heavy (non-hydrogen) atoms. The van der Waals surface area contributed by atoms with Gasteiger partial charge in [-0.3, -0.25) is 4.98 Å². The van der Waals surface area contributed by atoms with E-state index < -0.39 is 5.97 Å². The minimum atomic E-state index is -0.985. The SMILES string of the molecule is CC(C)N(C[C@@H](C)OCCOCC(=O)O)c1cnc(-c2ccccc2)c(-c2ccccc2)n1. The largest absolute Gasteiger partial charge is 0.480 e. The van der Waals surface area contributed by atoms with Crippen LogP contribution in [0.2, 0.25) is 0 Å². The summed E-state index contributed by atoms with van der Waals surface area (Å²) >= 11 is 0. The molecule has 0 saturated carbocycles. The van der Waals surface area contributed by atoms with Crippen molar-refractivity contribution in [1.82, 2.24) is 9.97 Å². The number of benzene rings is 2. The van der Waals surface area contributed by atoms with Crippen LogP contribution in [-0.2, 0) is 14.3 Å². The molecule has 1 N–H and O–H groups in total. The average molecular weight is 450 g/mol. The molecule has 1 aromatic heterocycles. The van der Waals surface area contributed by atoms with Crippen molar-refractivity contribution >= 4 is 11.8 Å². The lowest BCUT2D eigenvalue weighted by Gasteiger charge is -2.31. The Hall–Kier alpha value is -3.29. The molecule has 3 aromatic rings. The van der Waals surface area contributed by atoms with Crippen LogP contribution in [0.1, 0.15) is 20.8 Å². The third-order valence-corrected chi connectivity index (χ3v) is 5.08. The Kier molecular flexibility index (Phi) is 8.92. The first kappa shape index (κ1) is 24.4. The number of anilines is 1. The molecule has 3 rings (SSSR count). The van der Waals surface area contributed by atoms with E-state index >= 15 is 0 Å². The lowest BCUT2D eigenvalue weighted by atomic mass is 10.0. The first-order chi connectivity index (χ1) is 16.0. The highest BCUT2D eigenvalue weighted by atomic mass is 16.5. The predicted octanol–water partition coefficient (Wildman–Crippen LogP) is 4.53. The molecule has 0 fully saturated rings. The Balaban J connectivity index is 1.81. The van der Waals surface area contributed by atoms with Crippen LogP contribution in [0.3, 0.4) is 0 Å². The van der Waals surface area contributed by atoms with Crippen LogP contribution in [0, 0.1) is 0 Å². The fraction of sp³-hybridized carbons (Fsp3) is 0.346. The molecule has 0 aliphatic carbocycles. The lowest BCUT2D eigenvalue weighted by molar-refractivity contribution is -0.142. The Morgan fingerprint density at radius 2 is 1.55 bits per heavy atom. The molecule has 0 aliphatic rings. The first-order valence-electron chi connectivity index (χ1n) is 11.1. The normalized spacial score (nSPS) is 12.0. The van der Waals surface area contributed by atoms with Gasteiger partial charge in [-0.15, -0.1) is 0 Å². The number of rotatable bonds is 12. The van der Waals surface area contributed by atoms with Crippen molar-refractivity contribution < 1.29 is 19.4 Å². The molecular formula is C26H31N3O4. The van der Waals surface area contributed by atoms with Gasteiger partial charge in [-0.05, 0) is 20.8 Å². The molecule has 0 unspecified atom stereocenters. The maximum absolute atomic E-state index is 10.5. The topological polar surface area (TPSA) is 84.8 Å². The summed E-state index contributed by atoms with van der Waals surface area (Å²) in [5.41, 5.74) is 3.70. The number of nitrogens with zero attached hydrogens (tertiary/aromatic N) is 3. The summed E-state index contributed by atoms with van der Waals surface area (Å²) in [6.45, 7) is 7.06. The van der Waals surface area contributed by atoms with Gasteiger partial charge >= 0.3 is 5.97 Å². The molecule has 7 heteroatoms. The van der Waals surface area contributed by atoms with Crippen LogP contribution in [0.25, 0.3) is 22.5 Å². The quantitative estimate of drug-likeness (QED) is 0.407. The molecule has 7 nitrogen and oxygen atoms in total. The number of aromatic nitrogens is 2. The van der Waals surface area contributed by atoms with Crippen LogP contribution in [0.15, 0.2) is 66.9 Å². The number of ether oxygens (including phenoxy) is 2. The average Bonchev–Trinajstić information content (AvgIpc) is 2.82. The van der Waals surface area contributed by atoms with Crippen LogP contribution >= 0.6 is 0 Å². The van der Waals surface area contributed by atoms with Crippen molar-refractivity contribution in [2.45, 2.75) is 32.9 Å². The fourth-order valence-electron chi connectivity index (χ4n) is 3.49. The van der Waals surface area contributed by atoms with E-state index in [0.717, 1.165) is 28.3 Å². The molecule has 1 atom stereocenters. The number of carboxylic acids is 1. The lowest BCUT2D eigenvalue weighted by Crippen LogP contribution is -2.38. The third-order valence-electron chi connectivity index (χ3n) is 5.08. The summed E-state index contributed by atoms with van der Waals surface area (Å²) in [6.07, 6.45) is 1.72. The van der Waals surface area contributed by atoms with E-state index in [9.17, 15) is 4.79 Å². The highest BCUT2D eigenvalue weighted by Crippen LogP contribution is 2.31. The van der Waals surface area contributed by atoms with Gasteiger partial charge in [0.25, 0.3) is 0 Å². The Labute approximate surface area is 195 Å². The number of hydrogen-bond acceptors (Lipinski definition) is 6. The van der Waals surface area contributed by atoms with Crippen LogP contribution in [0.5, 0.6) is 0 Å². The number of hydrogen-bond donors (Lipinski definition) is 1. The van der Waals surface area contributed by atoms with Crippen LogP contribution < -0.4 is 4.90 Å². The van der Waals surface area contributed by atoms with Gasteiger partial charge in [-0.2, -0.15) is 0 Å². The standard InChI is InChI=1S/C26H31N3O4/c1-19(2)29(17-20(3)33-15-14-32-18-24(30)31)23-16-27-25(21-10-6-4-7-11-21)26(28-23)22-12-8-5-9-13-22/h4-13,16,19-20H,14-15,17-18H2,1-3H3,(H,30,31)/t20-/m1/s1. The second kappa shape index (κ2) is 12.1. The van der Waals surface area contributed by atoms with Crippen LogP contribution in [0.4, 0.5) is 5.82 Å². The van der Waals surface area contributed by atoms with Gasteiger partial charge in [0.2, 0.25) is 0 Å². The van der Waals surface area contributed by atoms with Gasteiger partial charge < -0.3 is 19.5 Å². The van der Waals surface area contributed by atoms with E-state index in [0.29, 0.717) is 13.2 Å². The number of carbonyl (C=O) groups is 1. The molecule has 174 valence electrons. The molecule has 0 amide bonds. The van der Waals surface area contributed by atoms with E-state index in [-0.39, 0.29) is 25.4 Å². The van der Waals surface area contributed by atoms with E-state index in [1.165, 1.54) is 0 Å². The molecule has 0 aliphatic heterocycles. The van der Waals surface area contributed by atoms with Gasteiger partial charge in [-0.25, -0.2) is 9.78 Å². The van der Waals surface area contributed by atoms with E-state index in [1.807, 2.05) is 73.8 Å². The zero-order valence-electron chi connectivity index (χ0n) is 19.3. The Morgan fingerprint density at radius 1 is 0.939 bits per heavy atom. The summed E-state index contributed by atoms with van der Waals surface area (Å²) in [5, 5.41) is 8.64. The summed E-state index contributed by atoms with van der Waals surface area (Å²) in [4.78, 5) is 22.6. The second-order valence-corrected chi connectivity index (χ2v) is 8.03. The maximum atomic E-state index is 10.5. The number of aliphatic carboxylic acids is 1. The van der Waals surface area contributed by atoms with Crippen molar-refractivity contribution in [2.24, 2.45) is 0 Å². The minimum absolute atomic E-state index is 0.100. The molecule has 0 radical (unpaired) electrons. The summed E-state index contributed by atoms with van der Waals surface area (Å²) in [7, 11) is 0. The molecule has 0 saturated heterocycles. The maximum Gasteiger partial charge on any atom is 0.329 e. The van der Waals surface area contributed by atoms with Crippen molar-refractivity contribution in [2.75, 3.05) is 31.3 Å². The van der Waals surface area contributed by atoms with Gasteiger partial charge in [0.05, 0.1) is 36.9 Å². The highest BCUT2D eigenvalue weighted by molar-refractivity contribution is 5.78. The summed E-state index contributed by atoms with van der Waals surface area (Å²) in [5.74, 6) is -0.207. The monoisotopic (exact) mass is 449 g/mol. The second-order valence-electron chi connectivity index (χ2n) is 8.03. The zero-order valence-corrected chi connectivity index (χ0v) is 19.3. The van der Waals surface area contributed by atoms with Gasteiger partial charge in [0.1, 0.15) is 12.4 Å². The van der Waals surface area contributed by atoms with Crippen molar-refractivity contribution in [3.05, 3.63) is 66.9 Å². The minimum Gasteiger partial charge on any atom is -0.480 e. The smallest absolute Gasteiger partial charge is 0.329 e. The highest BCUT2D eigenvalue weighted by Gasteiger charge is 2.19. The summed E-state index contributed by atoms with van der Waals surface area (Å²) in [6, 6.07) is 20.3. The van der Waals surface area contributed by atoms with Gasteiger partial charge in [0, 0.05) is 23.7 Å². The summed E-state index contributed by atoms with van der Waals surface area (Å²) < 4.78 is 10.9. The van der Waals surface area contributed by atoms with E-state index in [4.69, 9.17) is 24.5 Å². The molecule has 1 heterocycles. The van der Waals surface area contributed by atoms with Crippen LogP contribution in [-0.4, -0.2) is 59.6 Å². The first-order valence-corrected chi connectivity index (χ1v) is 11.1. The van der Waals surface area contributed by atoms with Gasteiger partial charge in [0.15, 0.2) is 0 Å². The molecule has 2 aromatic carbocycles. The zero-order chi connectivity index (χ0) is 23.6. The fourth-order valence-corrected chi connectivity index (χ4v) is 3.49. The Bertz CT molecular complexity index is 1010. The van der Waals surface area contributed by atoms with Gasteiger partial charge in [-0.1, -0.05) is 60.7 Å². The van der Waals surface area contributed by atoms with Crippen molar-refractivity contribution in [3.8, 4) is 22.5 Å².